The molecule has 134 valence electrons. The largest absolute Gasteiger partial charge is 0.374 e. The SMILES string of the molecule is CC(=N)NCCC[C@@H](NC(C)C)C(=O)N[C@H](CC(C)C)C(N)=O. The summed E-state index contributed by atoms with van der Waals surface area (Å²) < 4.78 is 0. The Balaban J connectivity index is 4.64. The number of primary amides is 1. The Kier molecular flexibility index (Phi) is 10.2. The normalized spacial score (nSPS) is 13.7. The molecule has 0 unspecified atom stereocenters. The Labute approximate surface area is 139 Å². The van der Waals surface area contributed by atoms with Gasteiger partial charge in [-0.25, -0.2) is 0 Å². The minimum absolute atomic E-state index is 0.153. The van der Waals surface area contributed by atoms with Crippen LogP contribution < -0.4 is 21.7 Å². The van der Waals surface area contributed by atoms with Crippen molar-refractivity contribution >= 4 is 17.6 Å². The van der Waals surface area contributed by atoms with Gasteiger partial charge < -0.3 is 21.7 Å². The molecule has 0 aliphatic carbocycles. The summed E-state index contributed by atoms with van der Waals surface area (Å²) >= 11 is 0. The molecule has 0 aliphatic heterocycles. The van der Waals surface area contributed by atoms with E-state index < -0.39 is 11.9 Å². The number of carbonyl (C=O) groups is 2. The maximum absolute atomic E-state index is 12.5. The van der Waals surface area contributed by atoms with Crippen LogP contribution in [0.4, 0.5) is 0 Å². The van der Waals surface area contributed by atoms with Crippen molar-refractivity contribution in [3.63, 3.8) is 0 Å². The third kappa shape index (κ3) is 10.7. The summed E-state index contributed by atoms with van der Waals surface area (Å²) in [7, 11) is 0. The van der Waals surface area contributed by atoms with Crippen molar-refractivity contribution in [2.75, 3.05) is 6.54 Å². The van der Waals surface area contributed by atoms with Crippen LogP contribution in [0.1, 0.15) is 53.9 Å². The first-order chi connectivity index (χ1) is 10.6. The van der Waals surface area contributed by atoms with Crippen molar-refractivity contribution in [3.8, 4) is 0 Å². The molecule has 0 saturated carbocycles. The number of carbonyl (C=O) groups excluding carboxylic acids is 2. The highest BCUT2D eigenvalue weighted by molar-refractivity contribution is 5.89. The van der Waals surface area contributed by atoms with Crippen molar-refractivity contribution in [1.82, 2.24) is 16.0 Å². The second-order valence-corrected chi connectivity index (χ2v) is 6.66. The van der Waals surface area contributed by atoms with Crippen LogP contribution in [0, 0.1) is 11.3 Å². The van der Waals surface area contributed by atoms with Gasteiger partial charge in [0.25, 0.3) is 0 Å². The number of hydrogen-bond donors (Lipinski definition) is 5. The van der Waals surface area contributed by atoms with Crippen LogP contribution in [-0.4, -0.2) is 42.3 Å². The van der Waals surface area contributed by atoms with Crippen molar-refractivity contribution in [2.45, 2.75) is 72.0 Å². The van der Waals surface area contributed by atoms with Gasteiger partial charge in [-0.2, -0.15) is 0 Å². The van der Waals surface area contributed by atoms with Crippen LogP contribution in [0.2, 0.25) is 0 Å². The predicted octanol–water partition coefficient (Wildman–Crippen LogP) is 0.736. The van der Waals surface area contributed by atoms with Gasteiger partial charge in [0.1, 0.15) is 6.04 Å². The fourth-order valence-electron chi connectivity index (χ4n) is 2.26. The number of nitrogens with two attached hydrogens (primary N) is 1. The maximum Gasteiger partial charge on any atom is 0.240 e. The quantitative estimate of drug-likeness (QED) is 0.218. The van der Waals surface area contributed by atoms with Crippen molar-refractivity contribution in [1.29, 1.82) is 5.41 Å². The van der Waals surface area contributed by atoms with Crippen molar-refractivity contribution < 1.29 is 9.59 Å². The molecule has 0 spiro atoms. The maximum atomic E-state index is 12.5. The van der Waals surface area contributed by atoms with E-state index in [0.29, 0.717) is 25.2 Å². The zero-order valence-electron chi connectivity index (χ0n) is 15.0. The molecule has 7 nitrogen and oxygen atoms in total. The van der Waals surface area contributed by atoms with E-state index in [1.165, 1.54) is 0 Å². The van der Waals surface area contributed by atoms with Crippen molar-refractivity contribution in [3.05, 3.63) is 0 Å². The Morgan fingerprint density at radius 3 is 2.17 bits per heavy atom. The molecular formula is C16H33N5O2. The van der Waals surface area contributed by atoms with Crippen LogP contribution in [0.15, 0.2) is 0 Å². The number of nitrogens with one attached hydrogen (secondary N) is 4. The van der Waals surface area contributed by atoms with Gasteiger partial charge in [0, 0.05) is 12.6 Å². The topological polar surface area (TPSA) is 120 Å². The molecule has 0 aromatic carbocycles. The van der Waals surface area contributed by atoms with Gasteiger partial charge in [-0.15, -0.1) is 0 Å². The minimum Gasteiger partial charge on any atom is -0.374 e. The molecule has 2 amide bonds. The van der Waals surface area contributed by atoms with E-state index >= 15 is 0 Å². The molecule has 6 N–H and O–H groups in total. The van der Waals surface area contributed by atoms with Gasteiger partial charge in [0.15, 0.2) is 0 Å². The second-order valence-electron chi connectivity index (χ2n) is 6.66. The van der Waals surface area contributed by atoms with Crippen LogP contribution in [0.5, 0.6) is 0 Å². The van der Waals surface area contributed by atoms with Gasteiger partial charge in [-0.1, -0.05) is 27.7 Å². The Hall–Kier alpha value is -1.63. The molecule has 0 saturated heterocycles. The van der Waals surface area contributed by atoms with Gasteiger partial charge in [0.05, 0.1) is 11.9 Å². The molecular weight excluding hydrogens is 294 g/mol. The molecule has 0 heterocycles. The smallest absolute Gasteiger partial charge is 0.240 e. The molecule has 23 heavy (non-hydrogen) atoms. The fourth-order valence-corrected chi connectivity index (χ4v) is 2.26. The Morgan fingerprint density at radius 1 is 1.13 bits per heavy atom. The van der Waals surface area contributed by atoms with E-state index in [4.69, 9.17) is 11.1 Å². The van der Waals surface area contributed by atoms with E-state index in [1.54, 1.807) is 6.92 Å². The number of rotatable bonds is 11. The number of amidine groups is 1. The molecule has 0 bridgehead atoms. The first kappa shape index (κ1) is 21.4. The summed E-state index contributed by atoms with van der Waals surface area (Å²) in [4.78, 5) is 24.0. The predicted molar refractivity (Wildman–Crippen MR) is 93.3 cm³/mol. The first-order valence-corrected chi connectivity index (χ1v) is 8.28. The summed E-state index contributed by atoms with van der Waals surface area (Å²) in [5.41, 5.74) is 5.38. The van der Waals surface area contributed by atoms with Crippen molar-refractivity contribution in [2.24, 2.45) is 11.7 Å². The van der Waals surface area contributed by atoms with Crippen LogP contribution >= 0.6 is 0 Å². The lowest BCUT2D eigenvalue weighted by Crippen LogP contribution is -2.53. The molecule has 0 aliphatic rings. The van der Waals surface area contributed by atoms with Gasteiger partial charge in [-0.05, 0) is 32.1 Å². The highest BCUT2D eigenvalue weighted by atomic mass is 16.2. The number of hydrogen-bond acceptors (Lipinski definition) is 4. The van der Waals surface area contributed by atoms with Crippen LogP contribution in [0.3, 0.4) is 0 Å². The molecule has 0 rings (SSSR count). The lowest BCUT2D eigenvalue weighted by Gasteiger charge is -2.24. The summed E-state index contributed by atoms with van der Waals surface area (Å²) in [6, 6.07) is -0.863. The number of amides is 2. The van der Waals surface area contributed by atoms with Gasteiger partial charge in [-0.3, -0.25) is 15.0 Å². The molecule has 0 aromatic rings. The monoisotopic (exact) mass is 327 g/mol. The Morgan fingerprint density at radius 2 is 1.74 bits per heavy atom. The van der Waals surface area contributed by atoms with Gasteiger partial charge in [0.2, 0.25) is 11.8 Å². The summed E-state index contributed by atoms with van der Waals surface area (Å²) in [6.45, 7) is 10.2. The minimum atomic E-state index is -0.638. The third-order valence-corrected chi connectivity index (χ3v) is 3.28. The average Bonchev–Trinajstić information content (AvgIpc) is 2.39. The zero-order chi connectivity index (χ0) is 18.0. The van der Waals surface area contributed by atoms with Crippen LogP contribution in [-0.2, 0) is 9.59 Å². The third-order valence-electron chi connectivity index (χ3n) is 3.28. The van der Waals surface area contributed by atoms with E-state index in [2.05, 4.69) is 16.0 Å². The van der Waals surface area contributed by atoms with E-state index in [-0.39, 0.29) is 23.9 Å². The summed E-state index contributed by atoms with van der Waals surface area (Å²) in [5.74, 6) is -0.0243. The standard InChI is InChI=1S/C16H33N5O2/c1-10(2)9-14(15(18)22)21-16(23)13(20-11(3)4)7-6-8-19-12(5)17/h10-11,13-14,20H,6-9H2,1-5H3,(H2,17,19)(H2,18,22)(H,21,23)/t13-,14-/m1/s1. The van der Waals surface area contributed by atoms with E-state index in [1.807, 2.05) is 27.7 Å². The molecule has 0 radical (unpaired) electrons. The zero-order valence-corrected chi connectivity index (χ0v) is 15.0. The van der Waals surface area contributed by atoms with Gasteiger partial charge >= 0.3 is 0 Å². The molecule has 2 atom stereocenters. The van der Waals surface area contributed by atoms with E-state index in [0.717, 1.165) is 6.42 Å². The Bertz CT molecular complexity index is 396. The van der Waals surface area contributed by atoms with E-state index in [9.17, 15) is 9.59 Å². The lowest BCUT2D eigenvalue weighted by molar-refractivity contribution is -0.129. The molecule has 0 aromatic heterocycles. The fraction of sp³-hybridized carbons (Fsp3) is 0.812. The second kappa shape index (κ2) is 11.0. The molecule has 0 fully saturated rings. The first-order valence-electron chi connectivity index (χ1n) is 8.28. The highest BCUT2D eigenvalue weighted by Gasteiger charge is 2.24. The average molecular weight is 327 g/mol. The van der Waals surface area contributed by atoms with Crippen LogP contribution in [0.25, 0.3) is 0 Å². The lowest BCUT2D eigenvalue weighted by atomic mass is 10.0. The summed E-state index contributed by atoms with van der Waals surface area (Å²) in [6.07, 6.45) is 1.90. The molecule has 7 heteroatoms. The highest BCUT2D eigenvalue weighted by Crippen LogP contribution is 2.06. The summed E-state index contributed by atoms with van der Waals surface area (Å²) in [5, 5.41) is 16.2.